The van der Waals surface area contributed by atoms with Gasteiger partial charge in [0.2, 0.25) is 0 Å². The summed E-state index contributed by atoms with van der Waals surface area (Å²) in [6.07, 6.45) is 4.05. The van der Waals surface area contributed by atoms with Crippen molar-refractivity contribution in [2.45, 2.75) is 66.3 Å². The zero-order chi connectivity index (χ0) is 11.7. The predicted molar refractivity (Wildman–Crippen MR) is 68.1 cm³/mol. The Balaban J connectivity index is 2.54. The van der Waals surface area contributed by atoms with Gasteiger partial charge in [-0.25, -0.2) is 0 Å². The van der Waals surface area contributed by atoms with E-state index in [1.54, 1.807) is 0 Å². The van der Waals surface area contributed by atoms with Gasteiger partial charge >= 0.3 is 0 Å². The molecule has 0 aromatic rings. The van der Waals surface area contributed by atoms with Gasteiger partial charge in [0, 0.05) is 5.54 Å². The highest BCUT2D eigenvalue weighted by molar-refractivity contribution is 4.88. The molecule has 0 amide bonds. The van der Waals surface area contributed by atoms with Gasteiger partial charge in [-0.3, -0.25) is 4.90 Å². The van der Waals surface area contributed by atoms with Crippen LogP contribution in [0.5, 0.6) is 0 Å². The third kappa shape index (κ3) is 4.14. The molecule has 15 heavy (non-hydrogen) atoms. The lowest BCUT2D eigenvalue weighted by atomic mass is 9.79. The second kappa shape index (κ2) is 4.45. The van der Waals surface area contributed by atoms with Crippen molar-refractivity contribution in [3.8, 4) is 0 Å². The molecular weight excluding hydrogens is 182 g/mol. The smallest absolute Gasteiger partial charge is 0.0158 e. The van der Waals surface area contributed by atoms with E-state index in [2.05, 4.69) is 46.4 Å². The van der Waals surface area contributed by atoms with Gasteiger partial charge in [-0.1, -0.05) is 27.7 Å². The maximum Gasteiger partial charge on any atom is 0.0158 e. The topological polar surface area (TPSA) is 3.24 Å². The second-order valence-electron chi connectivity index (χ2n) is 7.22. The molecule has 0 aromatic carbocycles. The Labute approximate surface area is 96.2 Å². The van der Waals surface area contributed by atoms with Crippen LogP contribution >= 0.6 is 0 Å². The highest BCUT2D eigenvalue weighted by Gasteiger charge is 2.32. The molecule has 0 bridgehead atoms. The van der Waals surface area contributed by atoms with Crippen LogP contribution in [0.1, 0.15) is 60.8 Å². The Hall–Kier alpha value is -0.0400. The zero-order valence-corrected chi connectivity index (χ0v) is 11.6. The number of rotatable bonds is 2. The van der Waals surface area contributed by atoms with Crippen LogP contribution in [-0.2, 0) is 0 Å². The van der Waals surface area contributed by atoms with Gasteiger partial charge < -0.3 is 0 Å². The van der Waals surface area contributed by atoms with Crippen LogP contribution in [0.2, 0.25) is 0 Å². The van der Waals surface area contributed by atoms with E-state index < -0.39 is 0 Å². The van der Waals surface area contributed by atoms with E-state index >= 15 is 0 Å². The number of piperidine rings is 1. The van der Waals surface area contributed by atoms with Gasteiger partial charge in [0.05, 0.1) is 0 Å². The minimum absolute atomic E-state index is 0.373. The number of hydrogen-bond acceptors (Lipinski definition) is 1. The molecule has 0 aromatic heterocycles. The first kappa shape index (κ1) is 13.0. The Morgan fingerprint density at radius 2 is 1.47 bits per heavy atom. The quantitative estimate of drug-likeness (QED) is 0.669. The largest absolute Gasteiger partial charge is 0.298 e. The molecular formula is C14H29N. The molecule has 1 nitrogen and oxygen atoms in total. The molecule has 0 radical (unpaired) electrons. The maximum atomic E-state index is 2.69. The van der Waals surface area contributed by atoms with Crippen molar-refractivity contribution in [1.29, 1.82) is 0 Å². The van der Waals surface area contributed by atoms with Crippen LogP contribution in [0.25, 0.3) is 0 Å². The summed E-state index contributed by atoms with van der Waals surface area (Å²) < 4.78 is 0. The van der Waals surface area contributed by atoms with Gasteiger partial charge in [-0.2, -0.15) is 0 Å². The third-order valence-electron chi connectivity index (χ3n) is 3.60. The first-order valence-electron chi connectivity index (χ1n) is 6.46. The van der Waals surface area contributed by atoms with Gasteiger partial charge in [-0.05, 0) is 57.5 Å². The fraction of sp³-hybridized carbons (Fsp3) is 1.00. The van der Waals surface area contributed by atoms with Gasteiger partial charge in [0.15, 0.2) is 0 Å². The summed E-state index contributed by atoms with van der Waals surface area (Å²) in [5.74, 6) is 0.937. The molecule has 0 spiro atoms. The van der Waals surface area contributed by atoms with Crippen LogP contribution in [0, 0.1) is 11.3 Å². The molecule has 90 valence electrons. The molecule has 1 fully saturated rings. The van der Waals surface area contributed by atoms with Crippen molar-refractivity contribution in [1.82, 2.24) is 4.90 Å². The summed E-state index contributed by atoms with van der Waals surface area (Å²) in [6.45, 7) is 16.8. The van der Waals surface area contributed by atoms with E-state index in [1.807, 2.05) is 0 Å². The number of likely N-dealkylation sites (tertiary alicyclic amines) is 1. The van der Waals surface area contributed by atoms with Crippen molar-refractivity contribution in [3.05, 3.63) is 0 Å². The molecule has 1 rings (SSSR count). The van der Waals surface area contributed by atoms with Crippen LogP contribution < -0.4 is 0 Å². The summed E-state index contributed by atoms with van der Waals surface area (Å²) >= 11 is 0. The summed E-state index contributed by atoms with van der Waals surface area (Å²) in [7, 11) is 0. The minimum atomic E-state index is 0.373. The molecule has 1 aliphatic rings. The van der Waals surface area contributed by atoms with E-state index in [-0.39, 0.29) is 0 Å². The monoisotopic (exact) mass is 211 g/mol. The van der Waals surface area contributed by atoms with Crippen molar-refractivity contribution in [2.75, 3.05) is 13.1 Å². The second-order valence-corrected chi connectivity index (χ2v) is 7.22. The lowest BCUT2D eigenvalue weighted by molar-refractivity contribution is 0.0470. The molecule has 1 heteroatoms. The van der Waals surface area contributed by atoms with Gasteiger partial charge in [0.1, 0.15) is 0 Å². The first-order chi connectivity index (χ1) is 6.71. The van der Waals surface area contributed by atoms with Crippen LogP contribution in [0.4, 0.5) is 0 Å². The molecule has 0 aliphatic carbocycles. The first-order valence-corrected chi connectivity index (χ1v) is 6.46. The Morgan fingerprint density at radius 3 is 1.87 bits per heavy atom. The average molecular weight is 211 g/mol. The summed E-state index contributed by atoms with van der Waals surface area (Å²) in [5.41, 5.74) is 0.810. The molecule has 1 heterocycles. The van der Waals surface area contributed by atoms with Crippen LogP contribution in [-0.4, -0.2) is 23.5 Å². The highest BCUT2D eigenvalue weighted by atomic mass is 15.2. The van der Waals surface area contributed by atoms with Gasteiger partial charge in [-0.15, -0.1) is 0 Å². The van der Waals surface area contributed by atoms with E-state index in [0.29, 0.717) is 11.0 Å². The van der Waals surface area contributed by atoms with Crippen molar-refractivity contribution in [3.63, 3.8) is 0 Å². The normalized spacial score (nSPS) is 22.0. The minimum Gasteiger partial charge on any atom is -0.298 e. The summed E-state index contributed by atoms with van der Waals surface area (Å²) in [6, 6.07) is 0. The predicted octanol–water partition coefficient (Wildman–Crippen LogP) is 3.93. The molecule has 1 saturated heterocycles. The number of hydrogen-bond donors (Lipinski definition) is 0. The third-order valence-corrected chi connectivity index (χ3v) is 3.60. The van der Waals surface area contributed by atoms with E-state index in [9.17, 15) is 0 Å². The molecule has 0 N–H and O–H groups in total. The lowest BCUT2D eigenvalue weighted by Gasteiger charge is -2.45. The maximum absolute atomic E-state index is 2.69. The van der Waals surface area contributed by atoms with Crippen molar-refractivity contribution in [2.24, 2.45) is 11.3 Å². The lowest BCUT2D eigenvalue weighted by Crippen LogP contribution is -2.49. The van der Waals surface area contributed by atoms with Crippen molar-refractivity contribution < 1.29 is 0 Å². The average Bonchev–Trinajstić information content (AvgIpc) is 2.00. The van der Waals surface area contributed by atoms with E-state index in [1.165, 1.54) is 32.4 Å². The Bertz CT molecular complexity index is 192. The van der Waals surface area contributed by atoms with E-state index in [4.69, 9.17) is 0 Å². The zero-order valence-electron chi connectivity index (χ0n) is 11.6. The highest BCUT2D eigenvalue weighted by Crippen LogP contribution is 2.33. The standard InChI is InChI=1S/C14H29N/c1-12-7-9-15(10-8-12)14(5,6)11-13(2,3)4/h12H,7-11H2,1-6H3. The fourth-order valence-electron chi connectivity index (χ4n) is 3.02. The van der Waals surface area contributed by atoms with E-state index in [0.717, 1.165) is 5.92 Å². The SMILES string of the molecule is CC1CCN(C(C)(C)CC(C)(C)C)CC1. The molecule has 0 unspecified atom stereocenters. The summed E-state index contributed by atoms with van der Waals surface area (Å²) in [4.78, 5) is 2.69. The fourth-order valence-corrected chi connectivity index (χ4v) is 3.02. The molecule has 0 saturated carbocycles. The molecule has 0 atom stereocenters. The van der Waals surface area contributed by atoms with Crippen molar-refractivity contribution >= 4 is 0 Å². The molecule has 1 aliphatic heterocycles. The van der Waals surface area contributed by atoms with Gasteiger partial charge in [0.25, 0.3) is 0 Å². The van der Waals surface area contributed by atoms with Crippen LogP contribution in [0.3, 0.4) is 0 Å². The Morgan fingerprint density at radius 1 is 1.00 bits per heavy atom. The summed E-state index contributed by atoms with van der Waals surface area (Å²) in [5, 5.41) is 0. The Kier molecular flexibility index (Phi) is 3.86. The van der Waals surface area contributed by atoms with Crippen LogP contribution in [0.15, 0.2) is 0 Å². The number of nitrogens with zero attached hydrogens (tertiary/aromatic N) is 1.